The van der Waals surface area contributed by atoms with Crippen molar-refractivity contribution >= 4 is 21.1 Å². The highest BCUT2D eigenvalue weighted by Gasteiger charge is 2.30. The van der Waals surface area contributed by atoms with E-state index in [2.05, 4.69) is 16.6 Å². The molecule has 0 unspecified atom stereocenters. The van der Waals surface area contributed by atoms with Crippen LogP contribution in [0.3, 0.4) is 0 Å². The van der Waals surface area contributed by atoms with Crippen LogP contribution in [0, 0.1) is 13.8 Å². The number of nitrogens with one attached hydrogen (secondary N) is 2. The summed E-state index contributed by atoms with van der Waals surface area (Å²) in [5.74, 6) is 0. The third kappa shape index (κ3) is 3.49. The third-order valence-corrected chi connectivity index (χ3v) is 6.04. The van der Waals surface area contributed by atoms with E-state index in [1.165, 1.54) is 9.87 Å². The molecule has 1 aromatic carbocycles. The van der Waals surface area contributed by atoms with Crippen molar-refractivity contribution in [2.45, 2.75) is 46.4 Å². The number of morpholine rings is 1. The predicted octanol–water partition coefficient (Wildman–Crippen LogP) is 2.23. The molecule has 0 aliphatic carbocycles. The summed E-state index contributed by atoms with van der Waals surface area (Å²) in [5.41, 5.74) is 4.36. The largest absolute Gasteiger partial charge is 0.373 e. The molecule has 0 spiro atoms. The summed E-state index contributed by atoms with van der Waals surface area (Å²) in [6.07, 6.45) is -0.181. The average molecular weight is 351 g/mol. The highest BCUT2D eigenvalue weighted by atomic mass is 32.2. The summed E-state index contributed by atoms with van der Waals surface area (Å²) in [5, 5.41) is 1.14. The first kappa shape index (κ1) is 17.4. The molecule has 7 heteroatoms. The second-order valence-corrected chi connectivity index (χ2v) is 8.41. The van der Waals surface area contributed by atoms with E-state index in [1.54, 1.807) is 0 Å². The summed E-state index contributed by atoms with van der Waals surface area (Å²) in [4.78, 5) is 3.33. The van der Waals surface area contributed by atoms with E-state index in [4.69, 9.17) is 4.74 Å². The number of hydrogen-bond donors (Lipinski definition) is 2. The zero-order chi connectivity index (χ0) is 17.5. The van der Waals surface area contributed by atoms with Gasteiger partial charge in [0.05, 0.1) is 12.2 Å². The Kier molecular flexibility index (Phi) is 4.70. The number of fused-ring (bicyclic) bond motifs is 1. The molecule has 0 saturated carbocycles. The monoisotopic (exact) mass is 351 g/mol. The Balaban J connectivity index is 1.73. The highest BCUT2D eigenvalue weighted by Crippen LogP contribution is 2.22. The van der Waals surface area contributed by atoms with Gasteiger partial charge in [0.25, 0.3) is 10.2 Å². The van der Waals surface area contributed by atoms with E-state index in [-0.39, 0.29) is 18.8 Å². The van der Waals surface area contributed by atoms with Crippen LogP contribution in [0.15, 0.2) is 18.2 Å². The lowest BCUT2D eigenvalue weighted by atomic mass is 10.1. The molecule has 6 nitrogen and oxygen atoms in total. The highest BCUT2D eigenvalue weighted by molar-refractivity contribution is 7.87. The first-order valence-corrected chi connectivity index (χ1v) is 9.68. The molecule has 2 aromatic rings. The van der Waals surface area contributed by atoms with Crippen molar-refractivity contribution in [2.24, 2.45) is 0 Å². The Labute approximate surface area is 143 Å². The third-order valence-electron chi connectivity index (χ3n) is 4.56. The molecule has 1 fully saturated rings. The van der Waals surface area contributed by atoms with E-state index in [0.717, 1.165) is 22.2 Å². The van der Waals surface area contributed by atoms with Crippen molar-refractivity contribution in [2.75, 3.05) is 13.1 Å². The van der Waals surface area contributed by atoms with Gasteiger partial charge in [-0.25, -0.2) is 0 Å². The van der Waals surface area contributed by atoms with Crippen LogP contribution < -0.4 is 4.72 Å². The van der Waals surface area contributed by atoms with Gasteiger partial charge in [0.1, 0.15) is 0 Å². The number of aryl methyl sites for hydroxylation is 2. The maximum absolute atomic E-state index is 12.5. The minimum absolute atomic E-state index is 0.0906. The van der Waals surface area contributed by atoms with Gasteiger partial charge < -0.3 is 9.72 Å². The van der Waals surface area contributed by atoms with Crippen molar-refractivity contribution < 1.29 is 13.2 Å². The van der Waals surface area contributed by atoms with E-state index < -0.39 is 10.2 Å². The van der Waals surface area contributed by atoms with Gasteiger partial charge in [-0.05, 0) is 51.0 Å². The van der Waals surface area contributed by atoms with Crippen LogP contribution in [-0.4, -0.2) is 43.0 Å². The van der Waals surface area contributed by atoms with Crippen LogP contribution in [0.5, 0.6) is 0 Å². The molecular formula is C17H25N3O3S. The molecule has 1 aliphatic heterocycles. The Morgan fingerprint density at radius 3 is 2.58 bits per heavy atom. The molecule has 2 atom stereocenters. The molecule has 3 rings (SSSR count). The van der Waals surface area contributed by atoms with Crippen molar-refractivity contribution in [1.29, 1.82) is 0 Å². The number of benzene rings is 1. The maximum atomic E-state index is 12.5. The molecule has 1 aromatic heterocycles. The SMILES string of the molecule is Cc1[nH]c2ccc(CNS(=O)(=O)N3C[C@@H](C)O[C@@H](C)C3)cc2c1C. The molecule has 0 amide bonds. The molecule has 24 heavy (non-hydrogen) atoms. The summed E-state index contributed by atoms with van der Waals surface area (Å²) in [6.45, 7) is 8.94. The molecule has 2 heterocycles. The van der Waals surface area contributed by atoms with Gasteiger partial charge in [-0.2, -0.15) is 17.4 Å². The second-order valence-electron chi connectivity index (χ2n) is 6.66. The maximum Gasteiger partial charge on any atom is 0.279 e. The minimum Gasteiger partial charge on any atom is -0.373 e. The smallest absolute Gasteiger partial charge is 0.279 e. The number of hydrogen-bond acceptors (Lipinski definition) is 3. The van der Waals surface area contributed by atoms with Crippen molar-refractivity contribution in [3.05, 3.63) is 35.0 Å². The molecule has 0 radical (unpaired) electrons. The van der Waals surface area contributed by atoms with Gasteiger partial charge in [-0.1, -0.05) is 6.07 Å². The average Bonchev–Trinajstić information content (AvgIpc) is 2.79. The second kappa shape index (κ2) is 6.48. The summed E-state index contributed by atoms with van der Waals surface area (Å²) in [6, 6.07) is 5.99. The van der Waals surface area contributed by atoms with Gasteiger partial charge in [-0.15, -0.1) is 0 Å². The Hall–Kier alpha value is -1.41. The fraction of sp³-hybridized carbons (Fsp3) is 0.529. The molecule has 1 aliphatic rings. The van der Waals surface area contributed by atoms with Crippen LogP contribution >= 0.6 is 0 Å². The quantitative estimate of drug-likeness (QED) is 0.887. The van der Waals surface area contributed by atoms with Crippen molar-refractivity contribution in [1.82, 2.24) is 14.0 Å². The number of aromatic nitrogens is 1. The van der Waals surface area contributed by atoms with Crippen LogP contribution in [0.2, 0.25) is 0 Å². The Bertz CT molecular complexity index is 834. The summed E-state index contributed by atoms with van der Waals surface area (Å²) < 4.78 is 34.9. The van der Waals surface area contributed by atoms with Gasteiger partial charge >= 0.3 is 0 Å². The number of nitrogens with zero attached hydrogens (tertiary/aromatic N) is 1. The van der Waals surface area contributed by atoms with E-state index in [1.807, 2.05) is 39.0 Å². The van der Waals surface area contributed by atoms with Gasteiger partial charge in [0.2, 0.25) is 0 Å². The number of aromatic amines is 1. The fourth-order valence-corrected chi connectivity index (χ4v) is 4.56. The van der Waals surface area contributed by atoms with Crippen molar-refractivity contribution in [3.8, 4) is 0 Å². The number of H-pyrrole nitrogens is 1. The Morgan fingerprint density at radius 1 is 1.25 bits per heavy atom. The predicted molar refractivity (Wildman–Crippen MR) is 95.1 cm³/mol. The van der Waals surface area contributed by atoms with E-state index in [0.29, 0.717) is 13.1 Å². The lowest BCUT2D eigenvalue weighted by Crippen LogP contribution is -2.51. The normalized spacial score (nSPS) is 23.0. The van der Waals surface area contributed by atoms with Crippen LogP contribution in [0.25, 0.3) is 10.9 Å². The fourth-order valence-electron chi connectivity index (χ4n) is 3.21. The minimum atomic E-state index is -3.51. The topological polar surface area (TPSA) is 74.4 Å². The van der Waals surface area contributed by atoms with Gasteiger partial charge in [0.15, 0.2) is 0 Å². The number of rotatable bonds is 4. The molecule has 0 bridgehead atoms. The van der Waals surface area contributed by atoms with Crippen molar-refractivity contribution in [3.63, 3.8) is 0 Å². The van der Waals surface area contributed by atoms with Crippen LogP contribution in [0.1, 0.15) is 30.7 Å². The molecule has 2 N–H and O–H groups in total. The first-order valence-electron chi connectivity index (χ1n) is 8.24. The first-order chi connectivity index (χ1) is 11.3. The lowest BCUT2D eigenvalue weighted by molar-refractivity contribution is -0.0444. The zero-order valence-corrected chi connectivity index (χ0v) is 15.4. The van der Waals surface area contributed by atoms with E-state index >= 15 is 0 Å². The molecule has 132 valence electrons. The number of ether oxygens (including phenoxy) is 1. The summed E-state index contributed by atoms with van der Waals surface area (Å²) in [7, 11) is -3.51. The van der Waals surface area contributed by atoms with E-state index in [9.17, 15) is 8.42 Å². The standard InChI is InChI=1S/C17H25N3O3S/c1-11-9-20(10-12(2)23-11)24(21,22)18-8-15-5-6-17-16(7-15)13(3)14(4)19-17/h5-7,11-12,18-19H,8-10H2,1-4H3/t11-,12+. The van der Waals surface area contributed by atoms with Gasteiger partial charge in [-0.3, -0.25) is 0 Å². The van der Waals surface area contributed by atoms with Crippen LogP contribution in [0.4, 0.5) is 0 Å². The lowest BCUT2D eigenvalue weighted by Gasteiger charge is -2.34. The summed E-state index contributed by atoms with van der Waals surface area (Å²) >= 11 is 0. The molecular weight excluding hydrogens is 326 g/mol. The molecule has 1 saturated heterocycles. The Morgan fingerprint density at radius 2 is 1.92 bits per heavy atom. The zero-order valence-electron chi connectivity index (χ0n) is 14.6. The van der Waals surface area contributed by atoms with Gasteiger partial charge in [0, 0.05) is 36.2 Å². The van der Waals surface area contributed by atoms with Crippen LogP contribution in [-0.2, 0) is 21.5 Å².